The van der Waals surface area contributed by atoms with Crippen LogP contribution < -0.4 is 16.1 Å². The van der Waals surface area contributed by atoms with Crippen molar-refractivity contribution in [1.82, 2.24) is 23.0 Å². The predicted molar refractivity (Wildman–Crippen MR) is 133 cm³/mol. The Hall–Kier alpha value is -3.70. The number of hydrogen-bond acceptors (Lipinski definition) is 6. The molecule has 10 nitrogen and oxygen atoms in total. The Balaban J connectivity index is 1.43. The van der Waals surface area contributed by atoms with Gasteiger partial charge in [0.15, 0.2) is 4.90 Å². The summed E-state index contributed by atoms with van der Waals surface area (Å²) in [5, 5.41) is 0. The van der Waals surface area contributed by atoms with Gasteiger partial charge in [-0.2, -0.15) is 4.31 Å². The largest absolute Gasteiger partial charge is 0.340 e. The molecule has 0 spiro atoms. The van der Waals surface area contributed by atoms with Gasteiger partial charge in [-0.3, -0.25) is 9.36 Å². The number of aryl methyl sites for hydroxylation is 1. The number of rotatable bonds is 5. The van der Waals surface area contributed by atoms with Crippen molar-refractivity contribution in [1.29, 1.82) is 0 Å². The summed E-state index contributed by atoms with van der Waals surface area (Å²) in [4.78, 5) is 31.1. The molecule has 0 N–H and O–H groups in total. The first-order valence-corrected chi connectivity index (χ1v) is 12.7. The maximum Gasteiger partial charge on any atom is 0.330 e. The number of sulfonamides is 1. The number of aromatic nitrogens is 4. The van der Waals surface area contributed by atoms with Crippen molar-refractivity contribution in [2.24, 2.45) is 14.1 Å². The van der Waals surface area contributed by atoms with Gasteiger partial charge in [-0.25, -0.2) is 18.2 Å². The second-order valence-corrected chi connectivity index (χ2v) is 10.5. The van der Waals surface area contributed by atoms with Crippen molar-refractivity contribution in [3.63, 3.8) is 0 Å². The topological polar surface area (TPSA) is 102 Å². The molecule has 5 rings (SSSR count). The van der Waals surface area contributed by atoms with Crippen LogP contribution in [0.3, 0.4) is 0 Å². The number of piperazine rings is 1. The molecule has 4 aromatic rings. The number of para-hydroxylation sites is 2. The lowest BCUT2D eigenvalue weighted by Crippen LogP contribution is -2.51. The van der Waals surface area contributed by atoms with E-state index in [0.717, 1.165) is 37.9 Å². The van der Waals surface area contributed by atoms with Crippen LogP contribution >= 0.6 is 0 Å². The standard InChI is InChI=1S/C24H26N6O4S/c1-26-17-21(22(31)27(2)24(26)32)35(33,34)29-14-12-28(13-15-29)23-25-19-10-6-7-11-20(19)30(23)16-18-8-4-3-5-9-18/h3-11,17H,12-16H2,1-2H3. The molecule has 1 aliphatic heterocycles. The SMILES string of the molecule is Cn1cc(S(=O)(=O)N2CCN(c3nc4ccccc4n3Cc3ccccc3)CC2)c(=O)n(C)c1=O. The fraction of sp³-hybridized carbons (Fsp3) is 0.292. The molecular formula is C24H26N6O4S. The van der Waals surface area contributed by atoms with Crippen LogP contribution in [-0.4, -0.2) is 57.6 Å². The van der Waals surface area contributed by atoms with E-state index in [4.69, 9.17) is 4.98 Å². The molecule has 1 saturated heterocycles. The van der Waals surface area contributed by atoms with E-state index in [1.54, 1.807) is 0 Å². The third-order valence-electron chi connectivity index (χ3n) is 6.37. The molecular weight excluding hydrogens is 468 g/mol. The van der Waals surface area contributed by atoms with Crippen LogP contribution in [-0.2, 0) is 30.7 Å². The van der Waals surface area contributed by atoms with E-state index < -0.39 is 26.2 Å². The molecule has 3 heterocycles. The van der Waals surface area contributed by atoms with Crippen LogP contribution in [0.15, 0.2) is 75.3 Å². The highest BCUT2D eigenvalue weighted by atomic mass is 32.2. The molecule has 1 aliphatic rings. The van der Waals surface area contributed by atoms with Gasteiger partial charge in [0.05, 0.1) is 17.6 Å². The van der Waals surface area contributed by atoms with E-state index in [2.05, 4.69) is 21.6 Å². The highest BCUT2D eigenvalue weighted by Gasteiger charge is 2.33. The van der Waals surface area contributed by atoms with Gasteiger partial charge in [0.1, 0.15) is 0 Å². The quantitative estimate of drug-likeness (QED) is 0.410. The summed E-state index contributed by atoms with van der Waals surface area (Å²) < 4.78 is 31.9. The molecule has 0 amide bonds. The molecule has 0 aliphatic carbocycles. The fourth-order valence-electron chi connectivity index (χ4n) is 4.45. The molecule has 0 bridgehead atoms. The Labute approximate surface area is 202 Å². The average molecular weight is 495 g/mol. The van der Waals surface area contributed by atoms with E-state index in [1.165, 1.54) is 18.4 Å². The lowest BCUT2D eigenvalue weighted by Gasteiger charge is -2.34. The minimum atomic E-state index is -4.06. The minimum Gasteiger partial charge on any atom is -0.340 e. The molecule has 2 aromatic heterocycles. The number of fused-ring (bicyclic) bond motifs is 1. The molecule has 0 radical (unpaired) electrons. The lowest BCUT2D eigenvalue weighted by molar-refractivity contribution is 0.380. The lowest BCUT2D eigenvalue weighted by atomic mass is 10.2. The summed E-state index contributed by atoms with van der Waals surface area (Å²) in [6, 6.07) is 18.0. The van der Waals surface area contributed by atoms with Crippen molar-refractivity contribution < 1.29 is 8.42 Å². The first-order chi connectivity index (χ1) is 16.8. The van der Waals surface area contributed by atoms with Gasteiger partial charge in [0, 0.05) is 46.5 Å². The van der Waals surface area contributed by atoms with E-state index in [0.29, 0.717) is 19.6 Å². The maximum absolute atomic E-state index is 13.3. The molecule has 11 heteroatoms. The Kier molecular flexibility index (Phi) is 5.81. The van der Waals surface area contributed by atoms with E-state index >= 15 is 0 Å². The number of imidazole rings is 1. The van der Waals surface area contributed by atoms with Crippen LogP contribution in [0, 0.1) is 0 Å². The smallest absolute Gasteiger partial charge is 0.330 e. The molecule has 0 atom stereocenters. The number of anilines is 1. The summed E-state index contributed by atoms with van der Waals surface area (Å²) in [5.74, 6) is 0.783. The third kappa shape index (κ3) is 4.06. The van der Waals surface area contributed by atoms with Gasteiger partial charge in [-0.05, 0) is 17.7 Å². The van der Waals surface area contributed by atoms with Gasteiger partial charge in [-0.1, -0.05) is 42.5 Å². The van der Waals surface area contributed by atoms with Crippen LogP contribution in [0.5, 0.6) is 0 Å². The molecule has 2 aromatic carbocycles. The third-order valence-corrected chi connectivity index (χ3v) is 8.25. The van der Waals surface area contributed by atoms with Gasteiger partial charge < -0.3 is 14.0 Å². The number of benzene rings is 2. The molecule has 1 fully saturated rings. The first kappa shape index (κ1) is 23.1. The Morgan fingerprint density at radius 2 is 1.54 bits per heavy atom. The zero-order valence-corrected chi connectivity index (χ0v) is 20.4. The molecule has 0 unspecified atom stereocenters. The highest BCUT2D eigenvalue weighted by Crippen LogP contribution is 2.26. The van der Waals surface area contributed by atoms with Gasteiger partial charge >= 0.3 is 5.69 Å². The summed E-state index contributed by atoms with van der Waals surface area (Å²) in [6.45, 7) is 1.88. The summed E-state index contributed by atoms with van der Waals surface area (Å²) in [5.41, 5.74) is 1.64. The number of hydrogen-bond donors (Lipinski definition) is 0. The zero-order valence-electron chi connectivity index (χ0n) is 19.5. The molecule has 182 valence electrons. The Morgan fingerprint density at radius 1 is 0.886 bits per heavy atom. The average Bonchev–Trinajstić information content (AvgIpc) is 3.24. The van der Waals surface area contributed by atoms with E-state index in [9.17, 15) is 18.0 Å². The Bertz CT molecular complexity index is 1610. The van der Waals surface area contributed by atoms with Crippen molar-refractivity contribution >= 4 is 27.0 Å². The fourth-order valence-corrected chi connectivity index (χ4v) is 6.02. The minimum absolute atomic E-state index is 0.197. The van der Waals surface area contributed by atoms with Crippen LogP contribution in [0.1, 0.15) is 5.56 Å². The van der Waals surface area contributed by atoms with Crippen LogP contribution in [0.25, 0.3) is 11.0 Å². The second-order valence-electron chi connectivity index (χ2n) is 8.61. The van der Waals surface area contributed by atoms with Gasteiger partial charge in [0.2, 0.25) is 16.0 Å². The summed E-state index contributed by atoms with van der Waals surface area (Å²) in [7, 11) is -1.35. The normalized spacial score (nSPS) is 15.1. The molecule has 0 saturated carbocycles. The van der Waals surface area contributed by atoms with E-state index in [-0.39, 0.29) is 13.1 Å². The second kappa shape index (κ2) is 8.82. The highest BCUT2D eigenvalue weighted by molar-refractivity contribution is 7.89. The van der Waals surface area contributed by atoms with Crippen molar-refractivity contribution in [2.45, 2.75) is 11.4 Å². The molecule has 35 heavy (non-hydrogen) atoms. The van der Waals surface area contributed by atoms with E-state index in [1.807, 2.05) is 42.5 Å². The van der Waals surface area contributed by atoms with Crippen LogP contribution in [0.2, 0.25) is 0 Å². The summed E-state index contributed by atoms with van der Waals surface area (Å²) in [6.07, 6.45) is 1.10. The summed E-state index contributed by atoms with van der Waals surface area (Å²) >= 11 is 0. The van der Waals surface area contributed by atoms with Gasteiger partial charge in [-0.15, -0.1) is 0 Å². The van der Waals surface area contributed by atoms with Crippen LogP contribution in [0.4, 0.5) is 5.95 Å². The van der Waals surface area contributed by atoms with Crippen molar-refractivity contribution in [3.8, 4) is 0 Å². The number of nitrogens with zero attached hydrogens (tertiary/aromatic N) is 6. The Morgan fingerprint density at radius 3 is 2.26 bits per heavy atom. The monoisotopic (exact) mass is 494 g/mol. The predicted octanol–water partition coefficient (Wildman–Crippen LogP) is 0.993. The first-order valence-electron chi connectivity index (χ1n) is 11.3. The maximum atomic E-state index is 13.3. The van der Waals surface area contributed by atoms with Crippen molar-refractivity contribution in [3.05, 3.63) is 87.2 Å². The van der Waals surface area contributed by atoms with Crippen molar-refractivity contribution in [2.75, 3.05) is 31.1 Å². The van der Waals surface area contributed by atoms with Gasteiger partial charge in [0.25, 0.3) is 5.56 Å². The zero-order chi connectivity index (χ0) is 24.7.